The molecule has 0 aliphatic heterocycles. The maximum atomic E-state index is 9.97. The summed E-state index contributed by atoms with van der Waals surface area (Å²) >= 11 is 0. The molecule has 0 aliphatic carbocycles. The van der Waals surface area contributed by atoms with Gasteiger partial charge in [0.05, 0.1) is 27.9 Å². The van der Waals surface area contributed by atoms with E-state index in [0.29, 0.717) is 29.6 Å². The van der Waals surface area contributed by atoms with Crippen molar-refractivity contribution in [3.63, 3.8) is 0 Å². The standard InChI is InChI=1S/C19H24O5.H3O4P/c1-5-24-16-9-8-13(10-15(16)20)6-7-14-11-17(21-2)19(23-4)18(12-14)22-3;1-5(2,3)4/h8-12,20H,5-7H2,1-4H3;(H3,1,2,3,4). The molecule has 2 rings (SSSR count). The number of benzene rings is 2. The summed E-state index contributed by atoms with van der Waals surface area (Å²) in [6.07, 6.45) is 1.56. The Kier molecular flexibility index (Phi) is 9.77. The minimum absolute atomic E-state index is 0.166. The molecule has 2 aromatic rings. The quantitative estimate of drug-likeness (QED) is 0.466. The van der Waals surface area contributed by atoms with Gasteiger partial charge in [0.2, 0.25) is 5.75 Å². The van der Waals surface area contributed by atoms with Crippen LogP contribution in [0.4, 0.5) is 0 Å². The molecule has 0 heterocycles. The molecule has 9 nitrogen and oxygen atoms in total. The van der Waals surface area contributed by atoms with E-state index in [1.807, 2.05) is 25.1 Å². The van der Waals surface area contributed by atoms with Crippen LogP contribution in [0.25, 0.3) is 0 Å². The summed E-state index contributed by atoms with van der Waals surface area (Å²) in [7, 11) is 0.153. The first-order chi connectivity index (χ1) is 13.6. The van der Waals surface area contributed by atoms with Crippen LogP contribution in [0.2, 0.25) is 0 Å². The highest BCUT2D eigenvalue weighted by Gasteiger charge is 2.13. The van der Waals surface area contributed by atoms with Gasteiger partial charge in [-0.2, -0.15) is 0 Å². The normalized spacial score (nSPS) is 10.6. The third-order valence-electron chi connectivity index (χ3n) is 3.75. The van der Waals surface area contributed by atoms with Gasteiger partial charge in [-0.3, -0.25) is 0 Å². The Balaban J connectivity index is 0.000000749. The minimum atomic E-state index is -4.64. The SMILES string of the molecule is CCOc1ccc(CCc2cc(OC)c(OC)c(OC)c2)cc1O.O=P(O)(O)O. The molecule has 0 aliphatic rings. The molecule has 29 heavy (non-hydrogen) atoms. The van der Waals surface area contributed by atoms with Crippen molar-refractivity contribution in [1.29, 1.82) is 0 Å². The van der Waals surface area contributed by atoms with E-state index in [-0.39, 0.29) is 5.75 Å². The highest BCUT2D eigenvalue weighted by molar-refractivity contribution is 7.45. The third kappa shape index (κ3) is 8.62. The van der Waals surface area contributed by atoms with Gasteiger partial charge in [0.25, 0.3) is 0 Å². The van der Waals surface area contributed by atoms with Crippen molar-refractivity contribution < 1.29 is 43.3 Å². The van der Waals surface area contributed by atoms with Gasteiger partial charge in [-0.1, -0.05) is 6.07 Å². The predicted molar refractivity (Wildman–Crippen MR) is 107 cm³/mol. The molecule has 0 amide bonds. The van der Waals surface area contributed by atoms with Crippen molar-refractivity contribution in [3.05, 3.63) is 41.5 Å². The number of hydrogen-bond acceptors (Lipinski definition) is 6. The fourth-order valence-corrected chi connectivity index (χ4v) is 2.56. The molecule has 10 heteroatoms. The number of methoxy groups -OCH3 is 3. The number of phosphoric acid groups is 1. The van der Waals surface area contributed by atoms with Crippen molar-refractivity contribution in [1.82, 2.24) is 0 Å². The Labute approximate surface area is 169 Å². The van der Waals surface area contributed by atoms with Crippen molar-refractivity contribution >= 4 is 7.82 Å². The largest absolute Gasteiger partial charge is 0.504 e. The Bertz CT molecular complexity index is 799. The van der Waals surface area contributed by atoms with Gasteiger partial charge in [-0.05, 0) is 55.2 Å². The molecule has 0 unspecified atom stereocenters. The summed E-state index contributed by atoms with van der Waals surface area (Å²) in [4.78, 5) is 21.6. The molecule has 4 N–H and O–H groups in total. The minimum Gasteiger partial charge on any atom is -0.504 e. The number of aryl methyl sites for hydroxylation is 2. The zero-order valence-electron chi connectivity index (χ0n) is 16.8. The van der Waals surface area contributed by atoms with E-state index in [1.165, 1.54) is 0 Å². The first kappa shape index (κ1) is 24.6. The Morgan fingerprint density at radius 3 is 1.76 bits per heavy atom. The summed E-state index contributed by atoms with van der Waals surface area (Å²) < 4.78 is 30.3. The predicted octanol–water partition coefficient (Wildman–Crippen LogP) is 2.67. The first-order valence-corrected chi connectivity index (χ1v) is 10.2. The smallest absolute Gasteiger partial charge is 0.466 e. The highest BCUT2D eigenvalue weighted by Crippen LogP contribution is 2.38. The van der Waals surface area contributed by atoms with Crippen molar-refractivity contribution in [2.75, 3.05) is 27.9 Å². The third-order valence-corrected chi connectivity index (χ3v) is 3.75. The zero-order valence-corrected chi connectivity index (χ0v) is 17.7. The van der Waals surface area contributed by atoms with Crippen LogP contribution in [0, 0.1) is 0 Å². The molecule has 0 aromatic heterocycles. The molecule has 0 spiro atoms. The Hall–Kier alpha value is -2.45. The number of rotatable bonds is 8. The van der Waals surface area contributed by atoms with Gasteiger partial charge in [0.1, 0.15) is 0 Å². The van der Waals surface area contributed by atoms with E-state index in [9.17, 15) is 5.11 Å². The van der Waals surface area contributed by atoms with Crippen molar-refractivity contribution in [2.45, 2.75) is 19.8 Å². The first-order valence-electron chi connectivity index (χ1n) is 8.64. The average molecular weight is 430 g/mol. The second-order valence-electron chi connectivity index (χ2n) is 5.78. The second-order valence-corrected chi connectivity index (χ2v) is 6.81. The second kappa shape index (κ2) is 11.5. The number of aromatic hydroxyl groups is 1. The summed E-state index contributed by atoms with van der Waals surface area (Å²) in [6, 6.07) is 9.38. The van der Waals surface area contributed by atoms with Gasteiger partial charge in [0, 0.05) is 0 Å². The van der Waals surface area contributed by atoms with Crippen LogP contribution in [0.3, 0.4) is 0 Å². The van der Waals surface area contributed by atoms with Crippen LogP contribution in [0.1, 0.15) is 18.1 Å². The molecule has 162 valence electrons. The van der Waals surface area contributed by atoms with Crippen LogP contribution in [-0.2, 0) is 17.4 Å². The molecule has 0 saturated heterocycles. The van der Waals surface area contributed by atoms with Crippen molar-refractivity contribution in [3.8, 4) is 28.7 Å². The van der Waals surface area contributed by atoms with Crippen LogP contribution in [0.15, 0.2) is 30.3 Å². The van der Waals surface area contributed by atoms with Crippen LogP contribution < -0.4 is 18.9 Å². The maximum Gasteiger partial charge on any atom is 0.466 e. The van der Waals surface area contributed by atoms with E-state index < -0.39 is 7.82 Å². The van der Waals surface area contributed by atoms with E-state index >= 15 is 0 Å². The van der Waals surface area contributed by atoms with E-state index in [4.69, 9.17) is 38.2 Å². The zero-order chi connectivity index (χ0) is 22.0. The number of phenolic OH excluding ortho intramolecular Hbond substituents is 1. The van der Waals surface area contributed by atoms with E-state index in [2.05, 4.69) is 0 Å². The summed E-state index contributed by atoms with van der Waals surface area (Å²) in [6.45, 7) is 2.41. The molecular formula is C19H27O9P. The molecule has 0 atom stereocenters. The van der Waals surface area contributed by atoms with Crippen molar-refractivity contribution in [2.24, 2.45) is 0 Å². The summed E-state index contributed by atoms with van der Waals surface area (Å²) in [5.41, 5.74) is 2.10. The molecule has 2 aromatic carbocycles. The average Bonchev–Trinajstić information content (AvgIpc) is 2.66. The van der Waals surface area contributed by atoms with Gasteiger partial charge < -0.3 is 38.7 Å². The topological polar surface area (TPSA) is 135 Å². The highest BCUT2D eigenvalue weighted by atomic mass is 31.2. The molecular weight excluding hydrogens is 403 g/mol. The van der Waals surface area contributed by atoms with E-state index in [0.717, 1.165) is 24.0 Å². The van der Waals surface area contributed by atoms with Gasteiger partial charge >= 0.3 is 7.82 Å². The fourth-order valence-electron chi connectivity index (χ4n) is 2.56. The fraction of sp³-hybridized carbons (Fsp3) is 0.368. The Morgan fingerprint density at radius 1 is 0.828 bits per heavy atom. The van der Waals surface area contributed by atoms with Crippen LogP contribution in [0.5, 0.6) is 28.7 Å². The molecule has 0 radical (unpaired) electrons. The number of hydrogen-bond donors (Lipinski definition) is 4. The van der Waals surface area contributed by atoms with Crippen LogP contribution in [-0.4, -0.2) is 47.7 Å². The lowest BCUT2D eigenvalue weighted by Gasteiger charge is -2.14. The van der Waals surface area contributed by atoms with Gasteiger partial charge in [-0.15, -0.1) is 0 Å². The Morgan fingerprint density at radius 2 is 1.34 bits per heavy atom. The number of phenols is 1. The lowest BCUT2D eigenvalue weighted by molar-refractivity contribution is 0.275. The molecule has 0 saturated carbocycles. The van der Waals surface area contributed by atoms with E-state index in [1.54, 1.807) is 33.5 Å². The van der Waals surface area contributed by atoms with Crippen LogP contribution >= 0.6 is 7.82 Å². The van der Waals surface area contributed by atoms with Gasteiger partial charge in [0.15, 0.2) is 23.0 Å². The number of ether oxygens (including phenoxy) is 4. The summed E-state index contributed by atoms with van der Waals surface area (Å²) in [5.74, 6) is 2.54. The lowest BCUT2D eigenvalue weighted by Crippen LogP contribution is -1.99. The maximum absolute atomic E-state index is 9.97. The molecule has 0 fully saturated rings. The summed E-state index contributed by atoms with van der Waals surface area (Å²) in [5, 5.41) is 9.97. The monoisotopic (exact) mass is 430 g/mol. The molecule has 0 bridgehead atoms. The van der Waals surface area contributed by atoms with Gasteiger partial charge in [-0.25, -0.2) is 4.57 Å². The lowest BCUT2D eigenvalue weighted by atomic mass is 10.0.